The first-order valence-electron chi connectivity index (χ1n) is 6.84. The van der Waals surface area contributed by atoms with Crippen LogP contribution in [0.5, 0.6) is 5.75 Å². The summed E-state index contributed by atoms with van der Waals surface area (Å²) >= 11 is 1.24. The van der Waals surface area contributed by atoms with E-state index in [0.29, 0.717) is 11.0 Å². The summed E-state index contributed by atoms with van der Waals surface area (Å²) in [5.74, 6) is 7.42. The molecule has 116 valence electrons. The summed E-state index contributed by atoms with van der Waals surface area (Å²) < 4.78 is 7.03. The van der Waals surface area contributed by atoms with Crippen LogP contribution in [0.3, 0.4) is 0 Å². The van der Waals surface area contributed by atoms with Crippen LogP contribution in [0.2, 0.25) is 0 Å². The number of nitriles is 1. The fourth-order valence-corrected chi connectivity index (χ4v) is 2.34. The Morgan fingerprint density at radius 1 is 1.27 bits per heavy atom. The van der Waals surface area contributed by atoms with Crippen LogP contribution in [-0.2, 0) is 12.0 Å². The van der Waals surface area contributed by atoms with Gasteiger partial charge in [-0.25, -0.2) is 4.68 Å². The molecule has 1 aromatic heterocycles. The Morgan fingerprint density at radius 2 is 1.95 bits per heavy atom. The number of hydrogen-bond donors (Lipinski definition) is 1. The average molecular weight is 317 g/mol. The molecule has 0 fully saturated rings. The lowest BCUT2D eigenvalue weighted by atomic mass is 9.87. The summed E-state index contributed by atoms with van der Waals surface area (Å²) in [6.07, 6.45) is 0. The maximum Gasteiger partial charge on any atom is 0.210 e. The molecule has 0 spiro atoms. The summed E-state index contributed by atoms with van der Waals surface area (Å²) in [6, 6.07) is 9.99. The predicted molar refractivity (Wildman–Crippen MR) is 86.0 cm³/mol. The van der Waals surface area contributed by atoms with Gasteiger partial charge in [-0.1, -0.05) is 44.7 Å². The summed E-state index contributed by atoms with van der Waals surface area (Å²) in [7, 11) is 0. The van der Waals surface area contributed by atoms with Gasteiger partial charge in [0.1, 0.15) is 12.4 Å². The Balaban J connectivity index is 1.99. The van der Waals surface area contributed by atoms with Gasteiger partial charge in [0.25, 0.3) is 0 Å². The minimum atomic E-state index is 0.114. The monoisotopic (exact) mass is 317 g/mol. The van der Waals surface area contributed by atoms with Crippen LogP contribution in [0.4, 0.5) is 0 Å². The van der Waals surface area contributed by atoms with Crippen LogP contribution < -0.4 is 10.6 Å². The van der Waals surface area contributed by atoms with Gasteiger partial charge in [0.2, 0.25) is 5.16 Å². The molecule has 2 aromatic rings. The minimum absolute atomic E-state index is 0.114. The number of nitrogens with two attached hydrogens (primary N) is 1. The van der Waals surface area contributed by atoms with Gasteiger partial charge in [0, 0.05) is 0 Å². The zero-order chi connectivity index (χ0) is 16.2. The molecular formula is C15H19N5OS. The van der Waals surface area contributed by atoms with Crippen molar-refractivity contribution < 1.29 is 4.74 Å². The molecule has 0 radical (unpaired) electrons. The Labute approximate surface area is 134 Å². The highest BCUT2D eigenvalue weighted by atomic mass is 32.2. The van der Waals surface area contributed by atoms with Crippen LogP contribution in [0.1, 0.15) is 32.2 Å². The zero-order valence-electron chi connectivity index (χ0n) is 12.9. The van der Waals surface area contributed by atoms with Gasteiger partial charge in [-0.3, -0.25) is 0 Å². The maximum absolute atomic E-state index is 8.56. The third kappa shape index (κ3) is 3.92. The van der Waals surface area contributed by atoms with Crippen molar-refractivity contribution in [1.29, 1.82) is 5.26 Å². The van der Waals surface area contributed by atoms with E-state index in [9.17, 15) is 0 Å². The van der Waals surface area contributed by atoms with E-state index in [1.165, 1.54) is 22.0 Å². The highest BCUT2D eigenvalue weighted by Gasteiger charge is 2.14. The van der Waals surface area contributed by atoms with Crippen molar-refractivity contribution in [1.82, 2.24) is 14.9 Å². The van der Waals surface area contributed by atoms with Crippen LogP contribution in [0, 0.1) is 11.3 Å². The second-order valence-electron chi connectivity index (χ2n) is 5.78. The molecule has 0 aliphatic heterocycles. The van der Waals surface area contributed by atoms with E-state index in [-0.39, 0.29) is 17.8 Å². The number of thioether (sulfide) groups is 1. The van der Waals surface area contributed by atoms with Gasteiger partial charge >= 0.3 is 0 Å². The molecule has 0 amide bonds. The predicted octanol–water partition coefficient (Wildman–Crippen LogP) is 2.48. The highest BCUT2D eigenvalue weighted by Crippen LogP contribution is 2.24. The molecule has 0 atom stereocenters. The first-order chi connectivity index (χ1) is 10.4. The molecule has 1 heterocycles. The van der Waals surface area contributed by atoms with E-state index in [4.69, 9.17) is 15.8 Å². The molecule has 0 unspecified atom stereocenters. The first kappa shape index (κ1) is 16.2. The number of aromatic nitrogens is 3. The number of benzene rings is 1. The third-order valence-corrected chi connectivity index (χ3v) is 3.90. The lowest BCUT2D eigenvalue weighted by Gasteiger charge is -2.19. The number of nitrogens with zero attached hydrogens (tertiary/aromatic N) is 4. The number of rotatable bonds is 5. The van der Waals surface area contributed by atoms with Crippen LogP contribution in [0.15, 0.2) is 29.4 Å². The van der Waals surface area contributed by atoms with Crippen molar-refractivity contribution in [2.45, 2.75) is 37.9 Å². The summed E-state index contributed by atoms with van der Waals surface area (Å²) in [5.41, 5.74) is 1.36. The Kier molecular flexibility index (Phi) is 4.93. The van der Waals surface area contributed by atoms with Crippen molar-refractivity contribution in [3.05, 3.63) is 35.7 Å². The molecule has 2 rings (SSSR count). The summed E-state index contributed by atoms with van der Waals surface area (Å²) in [5, 5.41) is 17.0. The largest absolute Gasteiger partial charge is 0.486 e. The number of nitrogen functional groups attached to an aromatic ring is 1. The minimum Gasteiger partial charge on any atom is -0.486 e. The average Bonchev–Trinajstić information content (AvgIpc) is 2.83. The Hall–Kier alpha value is -2.20. The molecule has 0 bridgehead atoms. The molecular weight excluding hydrogens is 298 g/mol. The normalized spacial score (nSPS) is 11.2. The fraction of sp³-hybridized carbons (Fsp3) is 0.400. The van der Waals surface area contributed by atoms with Crippen molar-refractivity contribution in [3.8, 4) is 11.8 Å². The van der Waals surface area contributed by atoms with Crippen molar-refractivity contribution in [2.24, 2.45) is 0 Å². The van der Waals surface area contributed by atoms with Gasteiger partial charge < -0.3 is 10.6 Å². The van der Waals surface area contributed by atoms with E-state index in [1.807, 2.05) is 18.2 Å². The number of hydrogen-bond acceptors (Lipinski definition) is 6. The standard InChI is InChI=1S/C15H19N5OS/c1-15(2,3)11-4-6-12(7-5-11)21-10-13-18-19-14(20(13)17)22-9-8-16/h4-7H,9-10,17H2,1-3H3. The lowest BCUT2D eigenvalue weighted by molar-refractivity contribution is 0.291. The molecule has 0 saturated carbocycles. The van der Waals surface area contributed by atoms with Crippen LogP contribution in [0.25, 0.3) is 0 Å². The van der Waals surface area contributed by atoms with Crippen molar-refractivity contribution >= 4 is 11.8 Å². The first-order valence-corrected chi connectivity index (χ1v) is 7.83. The topological polar surface area (TPSA) is 89.8 Å². The zero-order valence-corrected chi connectivity index (χ0v) is 13.7. The summed E-state index contributed by atoms with van der Waals surface area (Å²) in [6.45, 7) is 6.73. The number of ether oxygens (including phenoxy) is 1. The van der Waals surface area contributed by atoms with Crippen LogP contribution >= 0.6 is 11.8 Å². The van der Waals surface area contributed by atoms with Gasteiger partial charge in [0.15, 0.2) is 5.82 Å². The molecule has 1 aromatic carbocycles. The second kappa shape index (κ2) is 6.71. The van der Waals surface area contributed by atoms with Gasteiger partial charge in [-0.15, -0.1) is 10.2 Å². The molecule has 0 aliphatic carbocycles. The SMILES string of the molecule is CC(C)(C)c1ccc(OCc2nnc(SCC#N)n2N)cc1. The molecule has 6 nitrogen and oxygen atoms in total. The molecule has 0 saturated heterocycles. The quantitative estimate of drug-likeness (QED) is 0.673. The molecule has 0 aliphatic rings. The molecule has 7 heteroatoms. The second-order valence-corrected chi connectivity index (χ2v) is 6.72. The van der Waals surface area contributed by atoms with Crippen molar-refractivity contribution in [3.63, 3.8) is 0 Å². The van der Waals surface area contributed by atoms with Gasteiger partial charge in [-0.05, 0) is 23.1 Å². The highest BCUT2D eigenvalue weighted by molar-refractivity contribution is 7.99. The third-order valence-electron chi connectivity index (χ3n) is 3.09. The Bertz CT molecular complexity index is 667. The van der Waals surface area contributed by atoms with Crippen LogP contribution in [-0.4, -0.2) is 20.6 Å². The van der Waals surface area contributed by atoms with Gasteiger partial charge in [0.05, 0.1) is 11.8 Å². The van der Waals surface area contributed by atoms with E-state index in [0.717, 1.165) is 5.75 Å². The van der Waals surface area contributed by atoms with E-state index in [2.05, 4.69) is 43.1 Å². The molecule has 2 N–H and O–H groups in total. The molecule has 22 heavy (non-hydrogen) atoms. The maximum atomic E-state index is 8.56. The van der Waals surface area contributed by atoms with E-state index in [1.54, 1.807) is 0 Å². The van der Waals surface area contributed by atoms with Gasteiger partial charge in [-0.2, -0.15) is 5.26 Å². The van der Waals surface area contributed by atoms with E-state index < -0.39 is 0 Å². The lowest BCUT2D eigenvalue weighted by Crippen LogP contribution is -2.16. The van der Waals surface area contributed by atoms with Crippen molar-refractivity contribution in [2.75, 3.05) is 11.6 Å². The fourth-order valence-electron chi connectivity index (χ4n) is 1.80. The van der Waals surface area contributed by atoms with E-state index >= 15 is 0 Å². The summed E-state index contributed by atoms with van der Waals surface area (Å²) in [4.78, 5) is 0. The smallest absolute Gasteiger partial charge is 0.210 e. The Morgan fingerprint density at radius 3 is 2.55 bits per heavy atom.